The van der Waals surface area contributed by atoms with Crippen molar-refractivity contribution in [2.24, 2.45) is 0 Å². The van der Waals surface area contributed by atoms with E-state index in [1.54, 1.807) is 4.72 Å². The number of sulfonamides is 2. The van der Waals surface area contributed by atoms with Gasteiger partial charge in [-0.1, -0.05) is 18.2 Å². The Morgan fingerprint density at radius 2 is 1.08 bits per heavy atom. The van der Waals surface area contributed by atoms with E-state index in [9.17, 15) is 48.0 Å². The Kier molecular flexibility index (Phi) is 13.3. The van der Waals surface area contributed by atoms with Crippen LogP contribution in [0.5, 0.6) is 23.5 Å². The molecule has 4 aromatic rings. The van der Waals surface area contributed by atoms with E-state index in [-0.39, 0.29) is 41.3 Å². The molecule has 51 heavy (non-hydrogen) atoms. The third-order valence-electron chi connectivity index (χ3n) is 6.11. The van der Waals surface area contributed by atoms with E-state index in [4.69, 9.17) is 18.9 Å². The maximum absolute atomic E-state index is 14.0. The first kappa shape index (κ1) is 40.0. The summed E-state index contributed by atoms with van der Waals surface area (Å²) in [6.07, 6.45) is -0.146. The number of ether oxygens (including phenoxy) is 4. The number of alkyl halides is 4. The van der Waals surface area contributed by atoms with Gasteiger partial charge in [0.1, 0.15) is 17.5 Å². The van der Waals surface area contributed by atoms with Crippen LogP contribution in [0.3, 0.4) is 0 Å². The van der Waals surface area contributed by atoms with Gasteiger partial charge in [0.25, 0.3) is 20.0 Å². The SMILES string of the molecule is COc1cc(OC)nc(C(=O)c2cccc(F)c2NS(=O)(=O)C(F)F)n1.COc1cc(OC)nc(Cc2cccc(F)c2NS(=O)(=O)C(F)F)n1. The molecule has 0 saturated carbocycles. The number of nitrogens with zero attached hydrogens (tertiary/aromatic N) is 4. The molecule has 0 amide bonds. The van der Waals surface area contributed by atoms with Crippen molar-refractivity contribution in [2.75, 3.05) is 37.9 Å². The summed E-state index contributed by atoms with van der Waals surface area (Å²) in [4.78, 5) is 28.2. The molecular weight excluding hydrogens is 742 g/mol. The molecule has 2 N–H and O–H groups in total. The number of para-hydroxylation sites is 2. The van der Waals surface area contributed by atoms with Gasteiger partial charge >= 0.3 is 11.5 Å². The van der Waals surface area contributed by atoms with Gasteiger partial charge in [0, 0.05) is 6.42 Å². The Labute approximate surface area is 286 Å². The van der Waals surface area contributed by atoms with Crippen molar-refractivity contribution in [3.05, 3.63) is 82.9 Å². The summed E-state index contributed by atoms with van der Waals surface area (Å²) in [5.41, 5.74) is -2.03. The highest BCUT2D eigenvalue weighted by Crippen LogP contribution is 2.27. The van der Waals surface area contributed by atoms with Crippen molar-refractivity contribution in [2.45, 2.75) is 17.9 Å². The number of aromatic nitrogens is 4. The number of hydrogen-bond donors (Lipinski definition) is 2. The lowest BCUT2D eigenvalue weighted by molar-refractivity contribution is 0.102. The fourth-order valence-electron chi connectivity index (χ4n) is 3.76. The van der Waals surface area contributed by atoms with Crippen molar-refractivity contribution in [1.82, 2.24) is 19.9 Å². The van der Waals surface area contributed by atoms with E-state index in [0.717, 1.165) is 24.3 Å². The maximum atomic E-state index is 14.0. The zero-order valence-electron chi connectivity index (χ0n) is 26.5. The van der Waals surface area contributed by atoms with Crippen LogP contribution >= 0.6 is 0 Å². The number of nitrogens with one attached hydrogen (secondary N) is 2. The zero-order valence-corrected chi connectivity index (χ0v) is 28.2. The Bertz CT molecular complexity index is 2050. The number of anilines is 2. The number of benzene rings is 2. The number of ketones is 1. The third-order valence-corrected chi connectivity index (χ3v) is 8.02. The molecule has 2 aromatic heterocycles. The number of hydrogen-bond acceptors (Lipinski definition) is 13. The average molecular weight is 769 g/mol. The molecule has 4 rings (SSSR count). The van der Waals surface area contributed by atoms with Gasteiger partial charge < -0.3 is 18.9 Å². The van der Waals surface area contributed by atoms with Gasteiger partial charge in [0.2, 0.25) is 35.1 Å². The summed E-state index contributed by atoms with van der Waals surface area (Å²) in [6.45, 7) is 0. The van der Waals surface area contributed by atoms with Crippen LogP contribution in [-0.2, 0) is 26.5 Å². The summed E-state index contributed by atoms with van der Waals surface area (Å²) in [5, 5.41) is 0. The van der Waals surface area contributed by atoms with E-state index in [0.29, 0.717) is 0 Å². The lowest BCUT2D eigenvalue weighted by Crippen LogP contribution is -2.23. The predicted molar refractivity (Wildman–Crippen MR) is 166 cm³/mol. The smallest absolute Gasteiger partial charge is 0.355 e. The van der Waals surface area contributed by atoms with E-state index in [2.05, 4.69) is 19.9 Å². The minimum absolute atomic E-state index is 0.0497. The molecular formula is C28H26F6N6O9S2. The van der Waals surface area contributed by atoms with Crippen LogP contribution in [0, 0.1) is 11.6 Å². The van der Waals surface area contributed by atoms with E-state index in [1.807, 2.05) is 0 Å². The van der Waals surface area contributed by atoms with Crippen LogP contribution < -0.4 is 28.4 Å². The molecule has 0 bridgehead atoms. The lowest BCUT2D eigenvalue weighted by atomic mass is 10.1. The maximum Gasteiger partial charge on any atom is 0.355 e. The molecule has 276 valence electrons. The van der Waals surface area contributed by atoms with Gasteiger partial charge in [-0.15, -0.1) is 0 Å². The molecule has 0 aliphatic heterocycles. The van der Waals surface area contributed by atoms with E-state index >= 15 is 0 Å². The second kappa shape index (κ2) is 17.0. The lowest BCUT2D eigenvalue weighted by Gasteiger charge is -2.13. The Balaban J connectivity index is 0.000000276. The third kappa shape index (κ3) is 10.3. The topological polar surface area (TPSA) is 198 Å². The van der Waals surface area contributed by atoms with Crippen LogP contribution in [0.2, 0.25) is 0 Å². The normalized spacial score (nSPS) is 11.4. The molecule has 0 aliphatic carbocycles. The van der Waals surface area contributed by atoms with Crippen LogP contribution in [0.1, 0.15) is 27.6 Å². The highest BCUT2D eigenvalue weighted by atomic mass is 32.2. The largest absolute Gasteiger partial charge is 0.481 e. The van der Waals surface area contributed by atoms with Gasteiger partial charge in [-0.2, -0.15) is 37.5 Å². The number of carbonyl (C=O) groups excluding carboxylic acids is 1. The summed E-state index contributed by atoms with van der Waals surface area (Å²) in [5.74, 6) is -10.9. The van der Waals surface area contributed by atoms with Gasteiger partial charge in [-0.05, 0) is 23.8 Å². The van der Waals surface area contributed by atoms with E-state index < -0.39 is 71.7 Å². The van der Waals surface area contributed by atoms with Gasteiger partial charge in [0.15, 0.2) is 0 Å². The minimum Gasteiger partial charge on any atom is -0.481 e. The van der Waals surface area contributed by atoms with Crippen molar-refractivity contribution < 1.29 is 66.9 Å². The molecule has 15 nitrogen and oxygen atoms in total. The Morgan fingerprint density at radius 1 is 0.667 bits per heavy atom. The number of halogens is 6. The summed E-state index contributed by atoms with van der Waals surface area (Å²) >= 11 is 0. The second-order valence-corrected chi connectivity index (χ2v) is 12.7. The predicted octanol–water partition coefficient (Wildman–Crippen LogP) is 4.02. The molecule has 0 saturated heterocycles. The highest BCUT2D eigenvalue weighted by Gasteiger charge is 2.29. The number of carbonyl (C=O) groups is 1. The first-order chi connectivity index (χ1) is 24.0. The molecule has 2 heterocycles. The van der Waals surface area contributed by atoms with Crippen molar-refractivity contribution in [1.29, 1.82) is 0 Å². The van der Waals surface area contributed by atoms with Crippen LogP contribution in [-0.4, -0.2) is 82.5 Å². The molecule has 2 aromatic carbocycles. The van der Waals surface area contributed by atoms with E-state index in [1.165, 1.54) is 57.4 Å². The van der Waals surface area contributed by atoms with Gasteiger partial charge in [-0.25, -0.2) is 25.6 Å². The van der Waals surface area contributed by atoms with Gasteiger partial charge in [-0.3, -0.25) is 14.2 Å². The first-order valence-corrected chi connectivity index (χ1v) is 16.7. The first-order valence-electron chi connectivity index (χ1n) is 13.6. The van der Waals surface area contributed by atoms with Crippen molar-refractivity contribution in [3.63, 3.8) is 0 Å². The Hall–Kier alpha value is -5.45. The molecule has 0 unspecified atom stereocenters. The van der Waals surface area contributed by atoms with Crippen molar-refractivity contribution in [3.8, 4) is 23.5 Å². The monoisotopic (exact) mass is 768 g/mol. The van der Waals surface area contributed by atoms with Crippen LogP contribution in [0.15, 0.2) is 48.5 Å². The number of rotatable bonds is 14. The Morgan fingerprint density at radius 3 is 1.53 bits per heavy atom. The average Bonchev–Trinajstić information content (AvgIpc) is 3.09. The number of methoxy groups -OCH3 is 4. The second-order valence-electron chi connectivity index (χ2n) is 9.40. The fourth-order valence-corrected chi connectivity index (χ4v) is 4.95. The molecule has 0 atom stereocenters. The summed E-state index contributed by atoms with van der Waals surface area (Å²) < 4.78 is 146. The minimum atomic E-state index is -5.20. The fraction of sp³-hybridized carbons (Fsp3) is 0.250. The summed E-state index contributed by atoms with van der Waals surface area (Å²) in [7, 11) is -4.96. The molecule has 0 spiro atoms. The zero-order chi connectivity index (χ0) is 38.1. The molecule has 0 fully saturated rings. The quantitative estimate of drug-likeness (QED) is 0.138. The highest BCUT2D eigenvalue weighted by molar-refractivity contribution is 7.93. The van der Waals surface area contributed by atoms with Gasteiger partial charge in [0.05, 0.1) is 57.5 Å². The van der Waals surface area contributed by atoms with Crippen LogP contribution in [0.4, 0.5) is 37.7 Å². The van der Waals surface area contributed by atoms with Crippen LogP contribution in [0.25, 0.3) is 0 Å². The standard InChI is InChI=1S/C14H12F3N3O5S.C14H14F3N3O4S/c1-24-9-6-10(25-2)19-13(18-9)12(21)7-4-3-5-8(15)11(7)20-26(22,23)14(16)17;1-23-11-7-12(24-2)19-10(18-11)6-8-4-3-5-9(15)13(8)20-25(21,22)14(16)17/h3-6,14,20H,1-2H3;3-5,7,14,20H,6H2,1-2H3. The van der Waals surface area contributed by atoms with Crippen molar-refractivity contribution >= 4 is 37.2 Å². The summed E-state index contributed by atoms with van der Waals surface area (Å²) in [6, 6.07) is 9.22. The molecule has 23 heteroatoms. The molecule has 0 radical (unpaired) electrons. The molecule has 0 aliphatic rings.